The number of nitrogens with zero attached hydrogens (tertiary/aromatic N) is 3. The molecule has 0 saturated carbocycles. The van der Waals surface area contributed by atoms with Gasteiger partial charge in [-0.25, -0.2) is 4.98 Å². The number of hydrogen-bond acceptors (Lipinski definition) is 3. The fourth-order valence-electron chi connectivity index (χ4n) is 2.65. The Morgan fingerprint density at radius 2 is 1.32 bits per heavy atom. The second-order valence-electron chi connectivity index (χ2n) is 6.09. The number of aliphatic imine (C=N–C) groups is 2. The van der Waals surface area contributed by atoms with Gasteiger partial charge in [0.1, 0.15) is 0 Å². The first-order valence-corrected chi connectivity index (χ1v) is 8.30. The van der Waals surface area contributed by atoms with Crippen molar-refractivity contribution in [2.24, 2.45) is 9.98 Å². The highest BCUT2D eigenvalue weighted by molar-refractivity contribution is 5.85. The highest BCUT2D eigenvalue weighted by Crippen LogP contribution is 2.22. The molecule has 0 unspecified atom stereocenters. The van der Waals surface area contributed by atoms with Gasteiger partial charge >= 0.3 is 0 Å². The Labute approximate surface area is 148 Å². The van der Waals surface area contributed by atoms with Crippen LogP contribution in [0.15, 0.2) is 70.6 Å². The van der Waals surface area contributed by atoms with E-state index in [4.69, 9.17) is 0 Å². The summed E-state index contributed by atoms with van der Waals surface area (Å²) in [6.45, 7) is 6.19. The molecule has 0 aliphatic heterocycles. The number of benzene rings is 2. The Hall–Kier alpha value is -3.07. The van der Waals surface area contributed by atoms with Crippen molar-refractivity contribution in [3.63, 3.8) is 0 Å². The Balaban J connectivity index is 1.87. The van der Waals surface area contributed by atoms with Gasteiger partial charge in [0.2, 0.25) is 0 Å². The van der Waals surface area contributed by atoms with E-state index in [0.717, 1.165) is 39.5 Å². The summed E-state index contributed by atoms with van der Waals surface area (Å²) in [5, 5.41) is 0. The molecule has 3 aromatic rings. The highest BCUT2D eigenvalue weighted by atomic mass is 14.8. The lowest BCUT2D eigenvalue weighted by Crippen LogP contribution is -1.95. The molecule has 0 N–H and O–H groups in total. The van der Waals surface area contributed by atoms with Gasteiger partial charge in [0.05, 0.1) is 35.2 Å². The molecular formula is C22H21N3. The van der Waals surface area contributed by atoms with Crippen molar-refractivity contribution in [3.05, 3.63) is 88.7 Å². The molecule has 0 aliphatic rings. The van der Waals surface area contributed by atoms with Crippen LogP contribution in [-0.4, -0.2) is 17.4 Å². The Morgan fingerprint density at radius 1 is 0.720 bits per heavy atom. The summed E-state index contributed by atoms with van der Waals surface area (Å²) in [6, 6.07) is 20.1. The van der Waals surface area contributed by atoms with Crippen molar-refractivity contribution < 1.29 is 0 Å². The van der Waals surface area contributed by atoms with E-state index in [9.17, 15) is 0 Å². The van der Waals surface area contributed by atoms with Gasteiger partial charge in [-0.15, -0.1) is 0 Å². The van der Waals surface area contributed by atoms with Crippen LogP contribution in [0.2, 0.25) is 0 Å². The van der Waals surface area contributed by atoms with E-state index in [1.165, 1.54) is 0 Å². The number of rotatable bonds is 4. The molecule has 0 atom stereocenters. The monoisotopic (exact) mass is 327 g/mol. The number of aryl methyl sites for hydroxylation is 3. The van der Waals surface area contributed by atoms with Crippen LogP contribution in [-0.2, 0) is 0 Å². The SMILES string of the molecule is Cc1cc(/C=N/c2ccccc2)nc(/C=N/c2c(C)cccc2C)c1. The molecule has 3 heteroatoms. The zero-order valence-electron chi connectivity index (χ0n) is 14.8. The lowest BCUT2D eigenvalue weighted by atomic mass is 10.1. The van der Waals surface area contributed by atoms with Crippen LogP contribution >= 0.6 is 0 Å². The summed E-state index contributed by atoms with van der Waals surface area (Å²) >= 11 is 0. The van der Waals surface area contributed by atoms with E-state index < -0.39 is 0 Å². The molecular weight excluding hydrogens is 306 g/mol. The first-order valence-electron chi connectivity index (χ1n) is 8.30. The fourth-order valence-corrected chi connectivity index (χ4v) is 2.65. The lowest BCUT2D eigenvalue weighted by molar-refractivity contribution is 1.24. The fraction of sp³-hybridized carbons (Fsp3) is 0.136. The average Bonchev–Trinajstić information content (AvgIpc) is 2.60. The molecule has 0 amide bonds. The third-order valence-corrected chi connectivity index (χ3v) is 3.88. The van der Waals surface area contributed by atoms with Crippen LogP contribution in [0.1, 0.15) is 28.1 Å². The molecule has 0 saturated heterocycles. The molecule has 0 aliphatic carbocycles. The number of hydrogen-bond donors (Lipinski definition) is 0. The summed E-state index contributed by atoms with van der Waals surface area (Å²) < 4.78 is 0. The van der Waals surface area contributed by atoms with E-state index in [1.54, 1.807) is 6.21 Å². The Kier molecular flexibility index (Phi) is 5.14. The van der Waals surface area contributed by atoms with Crippen LogP contribution in [0.4, 0.5) is 11.4 Å². The van der Waals surface area contributed by atoms with Crippen LogP contribution < -0.4 is 0 Å². The summed E-state index contributed by atoms with van der Waals surface area (Å²) in [4.78, 5) is 13.7. The van der Waals surface area contributed by atoms with Crippen LogP contribution in [0.25, 0.3) is 0 Å². The summed E-state index contributed by atoms with van der Waals surface area (Å²) in [7, 11) is 0. The third-order valence-electron chi connectivity index (χ3n) is 3.88. The minimum Gasteiger partial charge on any atom is -0.255 e. The maximum atomic E-state index is 4.64. The Bertz CT molecular complexity index is 905. The minimum absolute atomic E-state index is 0.826. The molecule has 0 fully saturated rings. The number of pyridine rings is 1. The topological polar surface area (TPSA) is 37.6 Å². The quantitative estimate of drug-likeness (QED) is 0.582. The molecule has 3 rings (SSSR count). The predicted molar refractivity (Wildman–Crippen MR) is 106 cm³/mol. The zero-order valence-corrected chi connectivity index (χ0v) is 14.8. The molecule has 0 bridgehead atoms. The first-order chi connectivity index (χ1) is 12.1. The Morgan fingerprint density at radius 3 is 1.96 bits per heavy atom. The van der Waals surface area contributed by atoms with Crippen molar-refractivity contribution in [3.8, 4) is 0 Å². The molecule has 2 aromatic carbocycles. The van der Waals surface area contributed by atoms with Gasteiger partial charge in [-0.3, -0.25) is 9.98 Å². The summed E-state index contributed by atoms with van der Waals surface area (Å²) in [6.07, 6.45) is 3.61. The second kappa shape index (κ2) is 7.67. The standard InChI is InChI=1S/C22H21N3/c1-16-12-20(14-23-19-10-5-4-6-11-19)25-21(13-16)15-24-22-17(2)8-7-9-18(22)3/h4-15H,1-3H3/b23-14+,24-15+. The van der Waals surface area contributed by atoms with E-state index >= 15 is 0 Å². The third kappa shape index (κ3) is 4.48. The van der Waals surface area contributed by atoms with E-state index in [-0.39, 0.29) is 0 Å². The molecule has 124 valence electrons. The van der Waals surface area contributed by atoms with Crippen molar-refractivity contribution in [2.75, 3.05) is 0 Å². The van der Waals surface area contributed by atoms with Gasteiger partial charge in [-0.2, -0.15) is 0 Å². The van der Waals surface area contributed by atoms with Crippen LogP contribution in [0, 0.1) is 20.8 Å². The van der Waals surface area contributed by atoms with Crippen molar-refractivity contribution in [2.45, 2.75) is 20.8 Å². The summed E-state index contributed by atoms with van der Waals surface area (Å²) in [5.41, 5.74) is 7.03. The van der Waals surface area contributed by atoms with E-state index in [1.807, 2.05) is 54.7 Å². The highest BCUT2D eigenvalue weighted by Gasteiger charge is 2.01. The average molecular weight is 327 g/mol. The van der Waals surface area contributed by atoms with Gasteiger partial charge in [0.15, 0.2) is 0 Å². The number of aromatic nitrogens is 1. The molecule has 1 aromatic heterocycles. The van der Waals surface area contributed by atoms with Crippen molar-refractivity contribution in [1.82, 2.24) is 4.98 Å². The van der Waals surface area contributed by atoms with Gasteiger partial charge in [-0.1, -0.05) is 36.4 Å². The summed E-state index contributed by atoms with van der Waals surface area (Å²) in [5.74, 6) is 0. The largest absolute Gasteiger partial charge is 0.255 e. The molecule has 1 heterocycles. The lowest BCUT2D eigenvalue weighted by Gasteiger charge is -2.04. The number of para-hydroxylation sites is 2. The molecule has 25 heavy (non-hydrogen) atoms. The van der Waals surface area contributed by atoms with Gasteiger partial charge in [-0.05, 0) is 61.7 Å². The van der Waals surface area contributed by atoms with Gasteiger partial charge in [0.25, 0.3) is 0 Å². The normalized spacial score (nSPS) is 11.5. The van der Waals surface area contributed by atoms with E-state index in [0.29, 0.717) is 0 Å². The maximum Gasteiger partial charge on any atom is 0.0823 e. The first kappa shape index (κ1) is 16.8. The smallest absolute Gasteiger partial charge is 0.0823 e. The zero-order chi connectivity index (χ0) is 17.6. The van der Waals surface area contributed by atoms with Gasteiger partial charge < -0.3 is 0 Å². The van der Waals surface area contributed by atoms with Crippen molar-refractivity contribution in [1.29, 1.82) is 0 Å². The van der Waals surface area contributed by atoms with Crippen LogP contribution in [0.3, 0.4) is 0 Å². The van der Waals surface area contributed by atoms with E-state index in [2.05, 4.69) is 47.9 Å². The maximum absolute atomic E-state index is 4.64. The second-order valence-corrected chi connectivity index (χ2v) is 6.09. The minimum atomic E-state index is 0.826. The van der Waals surface area contributed by atoms with Crippen molar-refractivity contribution >= 4 is 23.8 Å². The predicted octanol–water partition coefficient (Wildman–Crippen LogP) is 5.51. The molecule has 0 spiro atoms. The molecule has 0 radical (unpaired) electrons. The molecule has 3 nitrogen and oxygen atoms in total. The van der Waals surface area contributed by atoms with Gasteiger partial charge in [0, 0.05) is 0 Å². The van der Waals surface area contributed by atoms with Crippen LogP contribution in [0.5, 0.6) is 0 Å².